The van der Waals surface area contributed by atoms with E-state index in [1.54, 1.807) is 11.3 Å². The fourth-order valence-electron chi connectivity index (χ4n) is 3.70. The minimum Gasteiger partial charge on any atom is -0.376 e. The number of benzene rings is 2. The molecule has 0 atom stereocenters. The largest absolute Gasteiger partial charge is 0.376 e. The Morgan fingerprint density at radius 3 is 2.52 bits per heavy atom. The van der Waals surface area contributed by atoms with Crippen LogP contribution in [0, 0.1) is 0 Å². The molecule has 0 saturated carbocycles. The number of rotatable bonds is 6. The van der Waals surface area contributed by atoms with Crippen LogP contribution in [0.2, 0.25) is 0 Å². The van der Waals surface area contributed by atoms with Crippen LogP contribution < -0.4 is 10.5 Å². The van der Waals surface area contributed by atoms with E-state index in [1.165, 1.54) is 5.56 Å². The summed E-state index contributed by atoms with van der Waals surface area (Å²) in [6, 6.07) is 16.7. The normalized spacial score (nSPS) is 11.7. The number of thiophene rings is 1. The average Bonchev–Trinajstić information content (AvgIpc) is 3.19. The molecule has 2 heterocycles. The third kappa shape index (κ3) is 3.73. The van der Waals surface area contributed by atoms with E-state index in [0.29, 0.717) is 0 Å². The second kappa shape index (κ2) is 8.26. The Morgan fingerprint density at radius 2 is 1.79 bits per heavy atom. The van der Waals surface area contributed by atoms with E-state index >= 15 is 0 Å². The van der Waals surface area contributed by atoms with Gasteiger partial charge in [0.1, 0.15) is 0 Å². The van der Waals surface area contributed by atoms with Crippen LogP contribution in [0.15, 0.2) is 58.7 Å². The molecule has 0 fully saturated rings. The van der Waals surface area contributed by atoms with E-state index in [2.05, 4.69) is 54.8 Å². The lowest BCUT2D eigenvalue weighted by Gasteiger charge is -2.15. The van der Waals surface area contributed by atoms with Crippen LogP contribution in [0.3, 0.4) is 0 Å². The molecule has 2 aromatic heterocycles. The van der Waals surface area contributed by atoms with Crippen LogP contribution in [-0.4, -0.2) is 18.7 Å². The molecule has 4 rings (SSSR count). The first-order valence-corrected chi connectivity index (χ1v) is 11.0. The second-order valence-corrected chi connectivity index (χ2v) is 8.43. The van der Waals surface area contributed by atoms with Gasteiger partial charge in [-0.05, 0) is 29.7 Å². The van der Waals surface area contributed by atoms with E-state index in [1.807, 2.05) is 41.8 Å². The summed E-state index contributed by atoms with van der Waals surface area (Å²) in [5.74, 6) is 0. The Morgan fingerprint density at radius 1 is 1.03 bits per heavy atom. The maximum absolute atomic E-state index is 13.4. The van der Waals surface area contributed by atoms with Crippen molar-refractivity contribution >= 4 is 50.2 Å². The number of aryl methyl sites for hydroxylation is 1. The Hall–Kier alpha value is -2.85. The van der Waals surface area contributed by atoms with Crippen LogP contribution in [0.1, 0.15) is 30.9 Å². The number of fused-ring (bicyclic) bond motifs is 3. The van der Waals surface area contributed by atoms with Gasteiger partial charge in [0.15, 0.2) is 0 Å². The lowest BCUT2D eigenvalue weighted by Crippen LogP contribution is -2.22. The molecule has 4 heteroatoms. The van der Waals surface area contributed by atoms with Gasteiger partial charge in [-0.15, -0.1) is 11.3 Å². The highest BCUT2D eigenvalue weighted by Crippen LogP contribution is 2.35. The summed E-state index contributed by atoms with van der Waals surface area (Å²) in [5, 5.41) is 4.10. The topological polar surface area (TPSA) is 25.2 Å². The molecule has 0 spiro atoms. The van der Waals surface area contributed by atoms with Crippen molar-refractivity contribution in [3.63, 3.8) is 0 Å². The van der Waals surface area contributed by atoms with Gasteiger partial charge >= 0.3 is 0 Å². The first-order chi connectivity index (χ1) is 14.1. The summed E-state index contributed by atoms with van der Waals surface area (Å²) >= 11 is 1.66. The van der Waals surface area contributed by atoms with Gasteiger partial charge in [-0.1, -0.05) is 61.9 Å². The molecule has 0 unspecified atom stereocenters. The Bertz CT molecular complexity index is 1230. The zero-order valence-corrected chi connectivity index (χ0v) is 18.0. The zero-order valence-electron chi connectivity index (χ0n) is 17.2. The van der Waals surface area contributed by atoms with E-state index in [4.69, 9.17) is 0 Å². The smallest absolute Gasteiger partial charge is 0.261 e. The molecule has 2 aromatic carbocycles. The van der Waals surface area contributed by atoms with E-state index in [9.17, 15) is 4.79 Å². The van der Waals surface area contributed by atoms with Crippen LogP contribution in [0.25, 0.3) is 33.1 Å². The summed E-state index contributed by atoms with van der Waals surface area (Å²) in [7, 11) is 4.00. The monoisotopic (exact) mass is 402 g/mol. The summed E-state index contributed by atoms with van der Waals surface area (Å²) in [5.41, 5.74) is 4.48. The number of unbranched alkanes of at least 4 members (excludes halogenated alkanes) is 1. The highest BCUT2D eigenvalue weighted by Gasteiger charge is 2.17. The van der Waals surface area contributed by atoms with Crippen molar-refractivity contribution in [1.82, 2.24) is 4.57 Å². The van der Waals surface area contributed by atoms with Crippen molar-refractivity contribution in [3.8, 4) is 0 Å². The molecular formula is C25H26N2OS. The molecule has 0 aliphatic rings. The van der Waals surface area contributed by atoms with Gasteiger partial charge in [0.25, 0.3) is 5.56 Å². The second-order valence-electron chi connectivity index (χ2n) is 7.55. The minimum atomic E-state index is 0.124. The van der Waals surface area contributed by atoms with Crippen molar-refractivity contribution in [2.75, 3.05) is 19.0 Å². The number of hydrogen-bond acceptors (Lipinski definition) is 3. The van der Waals surface area contributed by atoms with Gasteiger partial charge in [-0.25, -0.2) is 0 Å². The van der Waals surface area contributed by atoms with E-state index in [-0.39, 0.29) is 5.56 Å². The first kappa shape index (κ1) is 19.5. The third-order valence-electron chi connectivity index (χ3n) is 5.27. The number of pyridine rings is 1. The van der Waals surface area contributed by atoms with Gasteiger partial charge in [-0.3, -0.25) is 4.79 Å². The predicted octanol–water partition coefficient (Wildman–Crippen LogP) is 6.25. The van der Waals surface area contributed by atoms with Crippen LogP contribution >= 0.6 is 11.3 Å². The van der Waals surface area contributed by atoms with Crippen molar-refractivity contribution in [2.45, 2.75) is 26.3 Å². The SMILES string of the molecule is CCCCn1c(=O)c2c(N(C)C)csc2c2cc(C=Cc3ccccc3)ccc21. The molecule has 148 valence electrons. The Balaban J connectivity index is 1.92. The standard InChI is InChI=1S/C25H26N2OS/c1-4-5-15-27-21-14-13-19(12-11-18-9-7-6-8-10-18)16-20(21)24-23(25(27)28)22(17-29-24)26(2)3/h6-14,16-17H,4-5,15H2,1-3H3. The Kier molecular flexibility index (Phi) is 5.54. The average molecular weight is 403 g/mol. The van der Waals surface area contributed by atoms with Crippen LogP contribution in [-0.2, 0) is 6.54 Å². The number of hydrogen-bond donors (Lipinski definition) is 0. The summed E-state index contributed by atoms with van der Waals surface area (Å²) in [6.45, 7) is 2.91. The molecule has 29 heavy (non-hydrogen) atoms. The number of nitrogens with zero attached hydrogens (tertiary/aromatic N) is 2. The molecule has 0 amide bonds. The van der Waals surface area contributed by atoms with Crippen molar-refractivity contribution in [1.29, 1.82) is 0 Å². The maximum Gasteiger partial charge on any atom is 0.261 e. The highest BCUT2D eigenvalue weighted by molar-refractivity contribution is 7.18. The maximum atomic E-state index is 13.4. The lowest BCUT2D eigenvalue weighted by atomic mass is 10.1. The number of aromatic nitrogens is 1. The molecule has 0 aliphatic carbocycles. The van der Waals surface area contributed by atoms with Gasteiger partial charge in [0.2, 0.25) is 0 Å². The highest BCUT2D eigenvalue weighted by atomic mass is 32.1. The van der Waals surface area contributed by atoms with E-state index < -0.39 is 0 Å². The summed E-state index contributed by atoms with van der Waals surface area (Å²) in [4.78, 5) is 15.4. The van der Waals surface area contributed by atoms with Gasteiger partial charge in [-0.2, -0.15) is 0 Å². The Labute approximate surface area is 175 Å². The molecule has 0 radical (unpaired) electrons. The van der Waals surface area contributed by atoms with Gasteiger partial charge in [0, 0.05) is 31.4 Å². The lowest BCUT2D eigenvalue weighted by molar-refractivity contribution is 0.635. The quantitative estimate of drug-likeness (QED) is 0.356. The van der Waals surface area contributed by atoms with Crippen molar-refractivity contribution < 1.29 is 0 Å². The van der Waals surface area contributed by atoms with E-state index in [0.717, 1.165) is 51.6 Å². The summed E-state index contributed by atoms with van der Waals surface area (Å²) in [6.07, 6.45) is 6.33. The zero-order chi connectivity index (χ0) is 20.4. The fraction of sp³-hybridized carbons (Fsp3) is 0.240. The molecule has 0 N–H and O–H groups in total. The molecule has 0 bridgehead atoms. The van der Waals surface area contributed by atoms with Crippen molar-refractivity contribution in [2.24, 2.45) is 0 Å². The number of anilines is 1. The van der Waals surface area contributed by atoms with Crippen LogP contribution in [0.4, 0.5) is 5.69 Å². The predicted molar refractivity (Wildman–Crippen MR) is 128 cm³/mol. The first-order valence-electron chi connectivity index (χ1n) is 10.1. The van der Waals surface area contributed by atoms with Crippen molar-refractivity contribution in [3.05, 3.63) is 75.4 Å². The molecule has 0 aliphatic heterocycles. The minimum absolute atomic E-state index is 0.124. The van der Waals surface area contributed by atoms with Gasteiger partial charge < -0.3 is 9.47 Å². The molecular weight excluding hydrogens is 376 g/mol. The summed E-state index contributed by atoms with van der Waals surface area (Å²) < 4.78 is 3.04. The third-order valence-corrected chi connectivity index (χ3v) is 6.27. The van der Waals surface area contributed by atoms with Gasteiger partial charge in [0.05, 0.1) is 21.3 Å². The molecule has 4 aromatic rings. The molecule has 0 saturated heterocycles. The van der Waals surface area contributed by atoms with Crippen LogP contribution in [0.5, 0.6) is 0 Å². The molecule has 3 nitrogen and oxygen atoms in total. The fourth-order valence-corrected chi connectivity index (χ4v) is 4.85.